The molecule has 3 heterocycles. The lowest BCUT2D eigenvalue weighted by Crippen LogP contribution is -2.60. The molecule has 8 nitrogen and oxygen atoms in total. The van der Waals surface area contributed by atoms with Crippen LogP contribution in [0.2, 0.25) is 0 Å². The van der Waals surface area contributed by atoms with Crippen LogP contribution in [0.1, 0.15) is 18.7 Å². The molecule has 0 unspecified atom stereocenters. The highest BCUT2D eigenvalue weighted by molar-refractivity contribution is 7.91. The van der Waals surface area contributed by atoms with Crippen molar-refractivity contribution in [2.24, 2.45) is 13.0 Å². The van der Waals surface area contributed by atoms with Gasteiger partial charge in [0.1, 0.15) is 12.2 Å². The summed E-state index contributed by atoms with van der Waals surface area (Å²) in [5, 5.41) is 7.97. The molecule has 1 aromatic heterocycles. The van der Waals surface area contributed by atoms with Gasteiger partial charge >= 0.3 is 0 Å². The van der Waals surface area contributed by atoms with Gasteiger partial charge in [0.15, 0.2) is 9.84 Å². The first kappa shape index (κ1) is 15.1. The van der Waals surface area contributed by atoms with Gasteiger partial charge in [0, 0.05) is 32.1 Å². The van der Waals surface area contributed by atoms with Gasteiger partial charge in [0.2, 0.25) is 5.91 Å². The highest BCUT2D eigenvalue weighted by atomic mass is 32.2. The Morgan fingerprint density at radius 1 is 1.26 bits per heavy atom. The molecule has 0 radical (unpaired) electrons. The van der Waals surface area contributed by atoms with Gasteiger partial charge in [-0.2, -0.15) is 0 Å². The lowest BCUT2D eigenvalue weighted by Gasteiger charge is -2.43. The molecule has 1 amide bonds. The number of amides is 1. The van der Waals surface area contributed by atoms with Crippen LogP contribution in [0.5, 0.6) is 0 Å². The fourth-order valence-electron chi connectivity index (χ4n) is 3.69. The zero-order valence-electron chi connectivity index (χ0n) is 13.1. The fraction of sp³-hybridized carbons (Fsp3) is 0.786. The Hall–Kier alpha value is -1.48. The summed E-state index contributed by atoms with van der Waals surface area (Å²) < 4.78 is 26.2. The number of aryl methyl sites for hydroxylation is 1. The van der Waals surface area contributed by atoms with Gasteiger partial charge in [-0.25, -0.2) is 8.42 Å². The topological polar surface area (TPSA) is 88.4 Å². The first-order chi connectivity index (χ1) is 10.9. The monoisotopic (exact) mass is 339 g/mol. The first-order valence-electron chi connectivity index (χ1n) is 8.02. The maximum atomic E-state index is 12.5. The molecule has 1 aromatic rings. The Labute approximate surface area is 135 Å². The van der Waals surface area contributed by atoms with Gasteiger partial charge in [-0.1, -0.05) is 0 Å². The molecule has 0 bridgehead atoms. The third-order valence-electron chi connectivity index (χ3n) is 5.15. The largest absolute Gasteiger partial charge is 0.336 e. The molecule has 2 aliphatic heterocycles. The van der Waals surface area contributed by atoms with E-state index in [2.05, 4.69) is 15.1 Å². The standard InChI is InChI=1S/C14H21N5O3S/c1-17-9-15-16-13(17)6-18-4-5-19(14(20)10-2-3-10)12-8-23(21,22)7-11(12)18/h9-12H,2-8H2,1H3/t11-,12+/m0/s1. The smallest absolute Gasteiger partial charge is 0.226 e. The van der Waals surface area contributed by atoms with Crippen molar-refractivity contribution in [1.82, 2.24) is 24.6 Å². The quantitative estimate of drug-likeness (QED) is 0.704. The predicted molar refractivity (Wildman–Crippen MR) is 82.1 cm³/mol. The Kier molecular flexibility index (Phi) is 3.45. The number of hydrogen-bond donors (Lipinski definition) is 0. The minimum atomic E-state index is -3.10. The number of rotatable bonds is 3. The van der Waals surface area contributed by atoms with Crippen molar-refractivity contribution >= 4 is 15.7 Å². The highest BCUT2D eigenvalue weighted by Gasteiger charge is 2.50. The van der Waals surface area contributed by atoms with Gasteiger partial charge in [-0.15, -0.1) is 10.2 Å². The molecule has 2 saturated heterocycles. The van der Waals surface area contributed by atoms with Crippen LogP contribution in [0.15, 0.2) is 6.33 Å². The summed E-state index contributed by atoms with van der Waals surface area (Å²) in [6.45, 7) is 1.85. The van der Waals surface area contributed by atoms with Gasteiger partial charge in [0.05, 0.1) is 24.1 Å². The van der Waals surface area contributed by atoms with E-state index in [4.69, 9.17) is 0 Å². The Balaban J connectivity index is 1.57. The molecule has 0 N–H and O–H groups in total. The summed E-state index contributed by atoms with van der Waals surface area (Å²) >= 11 is 0. The van der Waals surface area contributed by atoms with Crippen molar-refractivity contribution in [2.45, 2.75) is 31.5 Å². The second-order valence-electron chi connectivity index (χ2n) is 6.85. The summed E-state index contributed by atoms with van der Waals surface area (Å²) in [5.41, 5.74) is 0. The molecule has 0 spiro atoms. The lowest BCUT2D eigenvalue weighted by atomic mass is 10.0. The van der Waals surface area contributed by atoms with Gasteiger partial charge in [0.25, 0.3) is 0 Å². The molecule has 1 aliphatic carbocycles. The number of fused-ring (bicyclic) bond motifs is 1. The Bertz CT molecular complexity index is 727. The van der Waals surface area contributed by atoms with E-state index in [0.29, 0.717) is 19.6 Å². The molecule has 0 aromatic carbocycles. The molecular weight excluding hydrogens is 318 g/mol. The third-order valence-corrected chi connectivity index (χ3v) is 6.85. The maximum Gasteiger partial charge on any atom is 0.226 e. The molecule has 1 saturated carbocycles. The Morgan fingerprint density at radius 2 is 2.00 bits per heavy atom. The summed E-state index contributed by atoms with van der Waals surface area (Å²) in [4.78, 5) is 16.5. The van der Waals surface area contributed by atoms with Crippen LogP contribution in [0.25, 0.3) is 0 Å². The number of sulfone groups is 1. The fourth-order valence-corrected chi connectivity index (χ4v) is 5.70. The van der Waals surface area contributed by atoms with Crippen LogP contribution < -0.4 is 0 Å². The highest BCUT2D eigenvalue weighted by Crippen LogP contribution is 2.35. The van der Waals surface area contributed by atoms with Gasteiger partial charge < -0.3 is 9.47 Å². The normalized spacial score (nSPS) is 30.4. The van der Waals surface area contributed by atoms with Crippen LogP contribution in [-0.2, 0) is 28.2 Å². The number of nitrogens with zero attached hydrogens (tertiary/aromatic N) is 5. The molecule has 3 aliphatic rings. The lowest BCUT2D eigenvalue weighted by molar-refractivity contribution is -0.138. The summed E-state index contributed by atoms with van der Waals surface area (Å²) in [6.07, 6.45) is 3.54. The molecular formula is C14H21N5O3S. The van der Waals surface area contributed by atoms with Gasteiger partial charge in [-0.05, 0) is 12.8 Å². The van der Waals surface area contributed by atoms with Gasteiger partial charge in [-0.3, -0.25) is 9.69 Å². The number of hydrogen-bond acceptors (Lipinski definition) is 6. The molecule has 9 heteroatoms. The van der Waals surface area contributed by atoms with Crippen LogP contribution in [0.4, 0.5) is 0 Å². The van der Waals surface area contributed by atoms with E-state index in [0.717, 1.165) is 18.7 Å². The van der Waals surface area contributed by atoms with E-state index in [9.17, 15) is 13.2 Å². The zero-order valence-corrected chi connectivity index (χ0v) is 13.9. The molecule has 126 valence electrons. The van der Waals surface area contributed by atoms with E-state index in [-0.39, 0.29) is 35.4 Å². The molecule has 3 fully saturated rings. The van der Waals surface area contributed by atoms with E-state index in [1.54, 1.807) is 6.33 Å². The SMILES string of the molecule is Cn1cnnc1CN1CCN(C(=O)C2CC2)[C@@H]2CS(=O)(=O)C[C@@H]21. The van der Waals surface area contributed by atoms with E-state index in [1.165, 1.54) is 0 Å². The van der Waals surface area contributed by atoms with Crippen LogP contribution in [0.3, 0.4) is 0 Å². The number of piperazine rings is 1. The van der Waals surface area contributed by atoms with Crippen molar-refractivity contribution in [2.75, 3.05) is 24.6 Å². The second-order valence-corrected chi connectivity index (χ2v) is 9.00. The number of aromatic nitrogens is 3. The van der Waals surface area contributed by atoms with Crippen molar-refractivity contribution in [3.05, 3.63) is 12.2 Å². The van der Waals surface area contributed by atoms with Crippen LogP contribution in [-0.4, -0.2) is 75.6 Å². The molecule has 23 heavy (non-hydrogen) atoms. The average Bonchev–Trinajstić information content (AvgIpc) is 3.18. The van der Waals surface area contributed by atoms with Crippen LogP contribution >= 0.6 is 0 Å². The van der Waals surface area contributed by atoms with E-state index >= 15 is 0 Å². The minimum Gasteiger partial charge on any atom is -0.336 e. The predicted octanol–water partition coefficient (Wildman–Crippen LogP) is -0.965. The summed E-state index contributed by atoms with van der Waals surface area (Å²) in [6, 6.07) is -0.344. The van der Waals surface area contributed by atoms with E-state index < -0.39 is 9.84 Å². The Morgan fingerprint density at radius 3 is 2.65 bits per heavy atom. The second kappa shape index (κ2) is 5.27. The number of carbonyl (C=O) groups excluding carboxylic acids is 1. The minimum absolute atomic E-state index is 0.0887. The van der Waals surface area contributed by atoms with Crippen molar-refractivity contribution in [3.63, 3.8) is 0 Å². The van der Waals surface area contributed by atoms with Crippen LogP contribution in [0, 0.1) is 5.92 Å². The molecule has 4 rings (SSSR count). The maximum absolute atomic E-state index is 12.5. The summed E-state index contributed by atoms with van der Waals surface area (Å²) in [7, 11) is -1.22. The van der Waals surface area contributed by atoms with E-state index in [1.807, 2.05) is 16.5 Å². The zero-order chi connectivity index (χ0) is 16.2. The number of carbonyl (C=O) groups is 1. The molecule has 2 atom stereocenters. The third kappa shape index (κ3) is 2.76. The average molecular weight is 339 g/mol. The van der Waals surface area contributed by atoms with Crippen molar-refractivity contribution < 1.29 is 13.2 Å². The van der Waals surface area contributed by atoms with Crippen molar-refractivity contribution in [1.29, 1.82) is 0 Å². The summed E-state index contributed by atoms with van der Waals surface area (Å²) in [5.74, 6) is 1.31. The first-order valence-corrected chi connectivity index (χ1v) is 9.84. The van der Waals surface area contributed by atoms with Crippen molar-refractivity contribution in [3.8, 4) is 0 Å².